The molecule has 0 spiro atoms. The fourth-order valence-corrected chi connectivity index (χ4v) is 2.13. The molecule has 114 valence electrons. The number of hydrogen-bond donors (Lipinski definition) is 1. The van der Waals surface area contributed by atoms with E-state index in [0.717, 1.165) is 5.56 Å². The zero-order chi connectivity index (χ0) is 16.1. The number of benzene rings is 2. The van der Waals surface area contributed by atoms with Crippen LogP contribution in [0.1, 0.15) is 13.8 Å². The van der Waals surface area contributed by atoms with Crippen molar-refractivity contribution in [2.45, 2.75) is 13.8 Å². The van der Waals surface area contributed by atoms with Gasteiger partial charge in [-0.15, -0.1) is 0 Å². The number of ether oxygens (including phenoxy) is 2. The van der Waals surface area contributed by atoms with Crippen molar-refractivity contribution in [2.24, 2.45) is 0 Å². The highest BCUT2D eigenvalue weighted by molar-refractivity contribution is 5.97. The van der Waals surface area contributed by atoms with Crippen molar-refractivity contribution in [1.82, 2.24) is 0 Å². The van der Waals surface area contributed by atoms with Gasteiger partial charge in [0.15, 0.2) is 0 Å². The molecule has 2 rings (SSSR count). The van der Waals surface area contributed by atoms with Crippen molar-refractivity contribution in [3.05, 3.63) is 42.5 Å². The first-order valence-electron chi connectivity index (χ1n) is 6.74. The molecular weight excluding hydrogens is 282 g/mol. The van der Waals surface area contributed by atoms with Crippen molar-refractivity contribution in [3.8, 4) is 22.6 Å². The van der Waals surface area contributed by atoms with Gasteiger partial charge in [0.1, 0.15) is 11.5 Å². The van der Waals surface area contributed by atoms with Crippen molar-refractivity contribution in [2.75, 3.05) is 12.4 Å². The molecule has 2 aromatic carbocycles. The van der Waals surface area contributed by atoms with E-state index in [2.05, 4.69) is 5.32 Å². The number of nitrogens with one attached hydrogen (secondary N) is 1. The fraction of sp³-hybridized carbons (Fsp3) is 0.176. The van der Waals surface area contributed by atoms with Crippen LogP contribution in [0.25, 0.3) is 11.1 Å². The summed E-state index contributed by atoms with van der Waals surface area (Å²) < 4.78 is 10.5. The molecule has 0 saturated heterocycles. The summed E-state index contributed by atoms with van der Waals surface area (Å²) in [4.78, 5) is 22.7. The second kappa shape index (κ2) is 6.76. The van der Waals surface area contributed by atoms with Gasteiger partial charge < -0.3 is 14.8 Å². The largest absolute Gasteiger partial charge is 0.494 e. The third-order valence-corrected chi connectivity index (χ3v) is 2.94. The summed E-state index contributed by atoms with van der Waals surface area (Å²) >= 11 is 0. The van der Waals surface area contributed by atoms with Crippen LogP contribution in [0.2, 0.25) is 0 Å². The number of methoxy groups -OCH3 is 1. The zero-order valence-electron chi connectivity index (χ0n) is 12.7. The van der Waals surface area contributed by atoms with E-state index in [1.807, 2.05) is 30.3 Å². The number of rotatable bonds is 4. The number of carbonyl (C=O) groups is 2. The quantitative estimate of drug-likeness (QED) is 0.695. The molecule has 1 N–H and O–H groups in total. The molecule has 0 bridgehead atoms. The van der Waals surface area contributed by atoms with Crippen LogP contribution in [0.5, 0.6) is 11.5 Å². The maximum Gasteiger partial charge on any atom is 0.308 e. The second-order valence-corrected chi connectivity index (χ2v) is 4.69. The van der Waals surface area contributed by atoms with E-state index < -0.39 is 5.97 Å². The van der Waals surface area contributed by atoms with E-state index in [4.69, 9.17) is 9.47 Å². The van der Waals surface area contributed by atoms with Gasteiger partial charge in [-0.1, -0.05) is 30.3 Å². The molecule has 0 radical (unpaired) electrons. The van der Waals surface area contributed by atoms with Gasteiger partial charge in [-0.25, -0.2) is 0 Å². The number of hydrogen-bond acceptors (Lipinski definition) is 4. The van der Waals surface area contributed by atoms with Crippen LogP contribution in [-0.2, 0) is 9.59 Å². The highest BCUT2D eigenvalue weighted by Gasteiger charge is 2.16. The molecule has 2 aromatic rings. The minimum atomic E-state index is -0.423. The lowest BCUT2D eigenvalue weighted by Crippen LogP contribution is -2.09. The Balaban J connectivity index is 2.64. The third kappa shape index (κ3) is 3.63. The van der Waals surface area contributed by atoms with Gasteiger partial charge in [0.25, 0.3) is 0 Å². The molecule has 0 aliphatic heterocycles. The molecule has 1 amide bonds. The minimum Gasteiger partial charge on any atom is -0.494 e. The van der Waals surface area contributed by atoms with E-state index in [9.17, 15) is 9.59 Å². The summed E-state index contributed by atoms with van der Waals surface area (Å²) in [6.07, 6.45) is 0. The SMILES string of the molecule is COc1cc(OC(C)=O)cc(-c2ccccc2)c1NC(C)=O. The molecule has 0 aromatic heterocycles. The summed E-state index contributed by atoms with van der Waals surface area (Å²) in [6, 6.07) is 12.7. The van der Waals surface area contributed by atoms with Gasteiger partial charge in [0.2, 0.25) is 5.91 Å². The maximum atomic E-state index is 11.5. The molecule has 5 nitrogen and oxygen atoms in total. The molecule has 0 aliphatic carbocycles. The Morgan fingerprint density at radius 3 is 2.27 bits per heavy atom. The van der Waals surface area contributed by atoms with Gasteiger partial charge in [-0.2, -0.15) is 0 Å². The summed E-state index contributed by atoms with van der Waals surface area (Å²) in [5, 5.41) is 2.77. The van der Waals surface area contributed by atoms with Crippen LogP contribution < -0.4 is 14.8 Å². The fourth-order valence-electron chi connectivity index (χ4n) is 2.13. The van der Waals surface area contributed by atoms with Gasteiger partial charge in [-0.3, -0.25) is 9.59 Å². The smallest absolute Gasteiger partial charge is 0.308 e. The monoisotopic (exact) mass is 299 g/mol. The van der Waals surface area contributed by atoms with E-state index in [-0.39, 0.29) is 5.91 Å². The average Bonchev–Trinajstić information content (AvgIpc) is 2.48. The Morgan fingerprint density at radius 2 is 1.73 bits per heavy atom. The van der Waals surface area contributed by atoms with Crippen molar-refractivity contribution < 1.29 is 19.1 Å². The van der Waals surface area contributed by atoms with Crippen LogP contribution in [-0.4, -0.2) is 19.0 Å². The topological polar surface area (TPSA) is 64.6 Å². The predicted molar refractivity (Wildman–Crippen MR) is 84.0 cm³/mol. The van der Waals surface area contributed by atoms with Gasteiger partial charge in [-0.05, 0) is 11.6 Å². The Labute approximate surface area is 128 Å². The summed E-state index contributed by atoms with van der Waals surface area (Å²) in [5.74, 6) is 0.147. The molecule has 0 aliphatic rings. The van der Waals surface area contributed by atoms with Gasteiger partial charge in [0.05, 0.1) is 12.8 Å². The predicted octanol–water partition coefficient (Wildman–Crippen LogP) is 3.25. The lowest BCUT2D eigenvalue weighted by Gasteiger charge is -2.16. The summed E-state index contributed by atoms with van der Waals surface area (Å²) in [5.41, 5.74) is 2.13. The molecule has 5 heteroatoms. The first-order valence-corrected chi connectivity index (χ1v) is 6.74. The standard InChI is InChI=1S/C17H17NO4/c1-11(19)18-17-15(13-7-5-4-6-8-13)9-14(22-12(2)20)10-16(17)21-3/h4-10H,1-3H3,(H,18,19). The van der Waals surface area contributed by atoms with Gasteiger partial charge >= 0.3 is 5.97 Å². The lowest BCUT2D eigenvalue weighted by atomic mass is 10.0. The van der Waals surface area contributed by atoms with Crippen LogP contribution in [0, 0.1) is 0 Å². The summed E-state index contributed by atoms with van der Waals surface area (Å²) in [7, 11) is 1.49. The Morgan fingerprint density at radius 1 is 1.05 bits per heavy atom. The molecule has 0 unspecified atom stereocenters. The van der Waals surface area contributed by atoms with Crippen molar-refractivity contribution in [1.29, 1.82) is 0 Å². The van der Waals surface area contributed by atoms with Crippen LogP contribution in [0.4, 0.5) is 5.69 Å². The Kier molecular flexibility index (Phi) is 4.78. The highest BCUT2D eigenvalue weighted by Crippen LogP contribution is 2.39. The van der Waals surface area contributed by atoms with E-state index >= 15 is 0 Å². The van der Waals surface area contributed by atoms with E-state index in [0.29, 0.717) is 22.7 Å². The van der Waals surface area contributed by atoms with E-state index in [1.165, 1.54) is 21.0 Å². The lowest BCUT2D eigenvalue weighted by molar-refractivity contribution is -0.131. The minimum absolute atomic E-state index is 0.212. The van der Waals surface area contributed by atoms with Crippen molar-refractivity contribution >= 4 is 17.6 Å². The molecule has 0 atom stereocenters. The normalized spacial score (nSPS) is 9.95. The first kappa shape index (κ1) is 15.6. The molecule has 22 heavy (non-hydrogen) atoms. The molecule has 0 fully saturated rings. The molecular formula is C17H17NO4. The Bertz CT molecular complexity index is 695. The zero-order valence-corrected chi connectivity index (χ0v) is 12.7. The molecule has 0 heterocycles. The van der Waals surface area contributed by atoms with Crippen LogP contribution >= 0.6 is 0 Å². The average molecular weight is 299 g/mol. The highest BCUT2D eigenvalue weighted by atomic mass is 16.5. The number of anilines is 1. The van der Waals surface area contributed by atoms with Crippen molar-refractivity contribution in [3.63, 3.8) is 0 Å². The first-order chi connectivity index (χ1) is 10.5. The second-order valence-electron chi connectivity index (χ2n) is 4.69. The number of amides is 1. The molecule has 0 saturated carbocycles. The van der Waals surface area contributed by atoms with E-state index in [1.54, 1.807) is 12.1 Å². The third-order valence-electron chi connectivity index (χ3n) is 2.94. The van der Waals surface area contributed by atoms with Crippen LogP contribution in [0.3, 0.4) is 0 Å². The number of esters is 1. The Hall–Kier alpha value is -2.82. The number of carbonyl (C=O) groups excluding carboxylic acids is 2. The summed E-state index contributed by atoms with van der Waals surface area (Å²) in [6.45, 7) is 2.75. The van der Waals surface area contributed by atoms with Crippen LogP contribution in [0.15, 0.2) is 42.5 Å². The maximum absolute atomic E-state index is 11.5. The van der Waals surface area contributed by atoms with Gasteiger partial charge in [0, 0.05) is 25.5 Å².